The minimum Gasteiger partial charge on any atom is -0.255 e. The molecule has 2 N–H and O–H groups in total. The first-order chi connectivity index (χ1) is 6.57. The molecule has 6 nitrogen and oxygen atoms in total. The number of anilines is 1. The third-order valence-electron chi connectivity index (χ3n) is 1.40. The van der Waals surface area contributed by atoms with E-state index in [2.05, 4.69) is 14.4 Å². The van der Waals surface area contributed by atoms with E-state index in [1.165, 1.54) is 25.4 Å². The van der Waals surface area contributed by atoms with Crippen molar-refractivity contribution in [3.05, 3.63) is 23.9 Å². The lowest BCUT2D eigenvalue weighted by Gasteiger charge is -2.04. The lowest BCUT2D eigenvalue weighted by atomic mass is 10.3. The molecule has 0 fully saturated rings. The SMILES string of the molecule is CNS(=O)(=O)Nc1ccc(C#N)cn1. The maximum absolute atomic E-state index is 11.0. The maximum Gasteiger partial charge on any atom is 0.300 e. The highest BCUT2D eigenvalue weighted by atomic mass is 32.2. The molecule has 1 aromatic rings. The molecule has 0 radical (unpaired) electrons. The normalized spacial score (nSPS) is 10.6. The minimum atomic E-state index is -3.54. The van der Waals surface area contributed by atoms with Crippen molar-refractivity contribution < 1.29 is 8.42 Å². The Balaban J connectivity index is 2.86. The van der Waals surface area contributed by atoms with E-state index in [9.17, 15) is 8.42 Å². The summed E-state index contributed by atoms with van der Waals surface area (Å²) in [5.41, 5.74) is 0.373. The second kappa shape index (κ2) is 4.04. The van der Waals surface area contributed by atoms with Gasteiger partial charge >= 0.3 is 0 Å². The summed E-state index contributed by atoms with van der Waals surface area (Å²) in [5.74, 6) is 0.165. The van der Waals surface area contributed by atoms with Crippen LogP contribution in [0.3, 0.4) is 0 Å². The van der Waals surface area contributed by atoms with E-state index in [1.807, 2.05) is 6.07 Å². The second-order valence-corrected chi connectivity index (χ2v) is 3.97. The lowest BCUT2D eigenvalue weighted by Crippen LogP contribution is -2.26. The molecule has 74 valence electrons. The Bertz CT molecular complexity index is 446. The Labute approximate surface area is 81.8 Å². The van der Waals surface area contributed by atoms with E-state index in [0.29, 0.717) is 5.56 Å². The number of hydrogen-bond donors (Lipinski definition) is 2. The molecule has 0 aromatic carbocycles. The molecule has 0 aliphatic rings. The van der Waals surface area contributed by atoms with Crippen LogP contribution >= 0.6 is 0 Å². The molecule has 0 aliphatic heterocycles. The van der Waals surface area contributed by atoms with E-state index in [0.717, 1.165) is 0 Å². The fraction of sp³-hybridized carbons (Fsp3) is 0.143. The number of nitriles is 1. The fourth-order valence-electron chi connectivity index (χ4n) is 0.709. The molecule has 0 bridgehead atoms. The summed E-state index contributed by atoms with van der Waals surface area (Å²) in [5, 5.41) is 8.47. The molecule has 1 heterocycles. The Morgan fingerprint density at radius 3 is 2.64 bits per heavy atom. The van der Waals surface area contributed by atoms with E-state index < -0.39 is 10.2 Å². The zero-order valence-corrected chi connectivity index (χ0v) is 8.17. The monoisotopic (exact) mass is 212 g/mol. The molecular weight excluding hydrogens is 204 g/mol. The van der Waals surface area contributed by atoms with Gasteiger partial charge in [0.2, 0.25) is 0 Å². The first kappa shape index (κ1) is 10.4. The van der Waals surface area contributed by atoms with E-state index in [-0.39, 0.29) is 5.82 Å². The van der Waals surface area contributed by atoms with Crippen LogP contribution in [0.25, 0.3) is 0 Å². The molecule has 0 spiro atoms. The van der Waals surface area contributed by atoms with Crippen LogP contribution in [0, 0.1) is 11.3 Å². The third kappa shape index (κ3) is 2.69. The molecule has 0 unspecified atom stereocenters. The largest absolute Gasteiger partial charge is 0.300 e. The van der Waals surface area contributed by atoms with E-state index >= 15 is 0 Å². The van der Waals surface area contributed by atoms with Crippen LogP contribution in [0.2, 0.25) is 0 Å². The van der Waals surface area contributed by atoms with E-state index in [1.54, 1.807) is 0 Å². The molecule has 0 atom stereocenters. The van der Waals surface area contributed by atoms with Crippen molar-refractivity contribution in [1.29, 1.82) is 5.26 Å². The quantitative estimate of drug-likeness (QED) is 0.727. The summed E-state index contributed by atoms with van der Waals surface area (Å²) in [6, 6.07) is 4.76. The number of nitrogens with one attached hydrogen (secondary N) is 2. The Morgan fingerprint density at radius 2 is 2.21 bits per heavy atom. The van der Waals surface area contributed by atoms with Crippen LogP contribution in [-0.4, -0.2) is 20.4 Å². The van der Waals surface area contributed by atoms with Crippen LogP contribution in [-0.2, 0) is 10.2 Å². The smallest absolute Gasteiger partial charge is 0.255 e. The third-order valence-corrected chi connectivity index (χ3v) is 2.42. The fourth-order valence-corrected chi connectivity index (χ4v) is 1.21. The van der Waals surface area contributed by atoms with Gasteiger partial charge in [-0.05, 0) is 12.1 Å². The highest BCUT2D eigenvalue weighted by molar-refractivity contribution is 7.90. The van der Waals surface area contributed by atoms with Gasteiger partial charge in [-0.2, -0.15) is 13.7 Å². The molecule has 0 saturated heterocycles. The number of pyridine rings is 1. The van der Waals surface area contributed by atoms with Crippen molar-refractivity contribution in [1.82, 2.24) is 9.71 Å². The average Bonchev–Trinajstić information content (AvgIpc) is 2.19. The van der Waals surface area contributed by atoms with Crippen LogP contribution < -0.4 is 9.44 Å². The summed E-state index contributed by atoms with van der Waals surface area (Å²) in [4.78, 5) is 3.73. The second-order valence-electron chi connectivity index (χ2n) is 2.35. The minimum absolute atomic E-state index is 0.165. The van der Waals surface area contributed by atoms with Gasteiger partial charge in [-0.1, -0.05) is 0 Å². The van der Waals surface area contributed by atoms with Gasteiger partial charge in [0.05, 0.1) is 5.56 Å². The summed E-state index contributed by atoms with van der Waals surface area (Å²) in [6.07, 6.45) is 1.29. The van der Waals surface area contributed by atoms with Gasteiger partial charge in [-0.3, -0.25) is 4.72 Å². The van der Waals surface area contributed by atoms with Crippen molar-refractivity contribution in [3.8, 4) is 6.07 Å². The van der Waals surface area contributed by atoms with Crippen molar-refractivity contribution in [2.24, 2.45) is 0 Å². The van der Waals surface area contributed by atoms with Crippen molar-refractivity contribution in [3.63, 3.8) is 0 Å². The summed E-state index contributed by atoms with van der Waals surface area (Å²) in [7, 11) is -2.25. The molecule has 1 rings (SSSR count). The molecule has 0 saturated carbocycles. The molecule has 7 heteroatoms. The summed E-state index contributed by atoms with van der Waals surface area (Å²) >= 11 is 0. The van der Waals surface area contributed by atoms with Crippen molar-refractivity contribution in [2.75, 3.05) is 11.8 Å². The summed E-state index contributed by atoms with van der Waals surface area (Å²) in [6.45, 7) is 0. The van der Waals surface area contributed by atoms with Crippen LogP contribution in [0.15, 0.2) is 18.3 Å². The van der Waals surface area contributed by atoms with Gasteiger partial charge in [-0.15, -0.1) is 0 Å². The van der Waals surface area contributed by atoms with Crippen LogP contribution in [0.5, 0.6) is 0 Å². The van der Waals surface area contributed by atoms with Crippen molar-refractivity contribution in [2.45, 2.75) is 0 Å². The van der Waals surface area contributed by atoms with Gasteiger partial charge in [0.1, 0.15) is 11.9 Å². The highest BCUT2D eigenvalue weighted by Crippen LogP contribution is 2.04. The standard InChI is InChI=1S/C7H8N4O2S/c1-9-14(12,13)11-7-3-2-6(4-8)5-10-7/h2-3,5,9H,1H3,(H,10,11). The number of rotatable bonds is 3. The Morgan fingerprint density at radius 1 is 1.50 bits per heavy atom. The Hall–Kier alpha value is -1.65. The lowest BCUT2D eigenvalue weighted by molar-refractivity contribution is 0.593. The number of aromatic nitrogens is 1. The zero-order chi connectivity index (χ0) is 10.6. The Kier molecular flexibility index (Phi) is 3.01. The zero-order valence-electron chi connectivity index (χ0n) is 7.35. The van der Waals surface area contributed by atoms with Crippen molar-refractivity contribution >= 4 is 16.0 Å². The van der Waals surface area contributed by atoms with Crippen LogP contribution in [0.4, 0.5) is 5.82 Å². The van der Waals surface area contributed by atoms with Gasteiger partial charge in [0, 0.05) is 13.2 Å². The van der Waals surface area contributed by atoms with Gasteiger partial charge in [0.15, 0.2) is 0 Å². The molecule has 14 heavy (non-hydrogen) atoms. The number of hydrogen-bond acceptors (Lipinski definition) is 4. The predicted molar refractivity (Wildman–Crippen MR) is 50.6 cm³/mol. The van der Waals surface area contributed by atoms with Gasteiger partial charge in [0.25, 0.3) is 10.2 Å². The van der Waals surface area contributed by atoms with E-state index in [4.69, 9.17) is 5.26 Å². The maximum atomic E-state index is 11.0. The molecular formula is C7H8N4O2S. The van der Waals surface area contributed by atoms with Gasteiger partial charge in [-0.25, -0.2) is 9.71 Å². The number of nitrogens with zero attached hydrogens (tertiary/aromatic N) is 2. The topological polar surface area (TPSA) is 94.9 Å². The molecule has 0 aliphatic carbocycles. The molecule has 0 amide bonds. The summed E-state index contributed by atoms with van der Waals surface area (Å²) < 4.78 is 26.2. The average molecular weight is 212 g/mol. The highest BCUT2D eigenvalue weighted by Gasteiger charge is 2.06. The first-order valence-electron chi connectivity index (χ1n) is 3.65. The first-order valence-corrected chi connectivity index (χ1v) is 5.13. The van der Waals surface area contributed by atoms with Gasteiger partial charge < -0.3 is 0 Å². The van der Waals surface area contributed by atoms with Crippen LogP contribution in [0.1, 0.15) is 5.56 Å². The molecule has 1 aromatic heterocycles. The predicted octanol–water partition coefficient (Wildman–Crippen LogP) is -0.171.